The van der Waals surface area contributed by atoms with Gasteiger partial charge in [-0.2, -0.15) is 0 Å². The highest BCUT2D eigenvalue weighted by molar-refractivity contribution is 6.30. The van der Waals surface area contributed by atoms with E-state index in [9.17, 15) is 4.39 Å². The van der Waals surface area contributed by atoms with Crippen molar-refractivity contribution in [3.05, 3.63) is 28.5 Å². The second-order valence-electron chi connectivity index (χ2n) is 4.03. The molecule has 2 rings (SSSR count). The van der Waals surface area contributed by atoms with Crippen LogP contribution in [0, 0.1) is 18.2 Å². The van der Waals surface area contributed by atoms with Crippen LogP contribution in [0.4, 0.5) is 4.39 Å². The van der Waals surface area contributed by atoms with Gasteiger partial charge in [-0.15, -0.1) is 6.42 Å². The Kier molecular flexibility index (Phi) is 3.56. The molecule has 90 valence electrons. The number of rotatable bonds is 4. The van der Waals surface area contributed by atoms with Gasteiger partial charge in [0.15, 0.2) is 0 Å². The summed E-state index contributed by atoms with van der Waals surface area (Å²) in [6.45, 7) is 0.130. The molecule has 0 spiro atoms. The maximum absolute atomic E-state index is 13.4. The fraction of sp³-hybridized carbons (Fsp3) is 0.385. The first-order valence-corrected chi connectivity index (χ1v) is 5.77. The zero-order valence-corrected chi connectivity index (χ0v) is 10.2. The molecule has 0 bridgehead atoms. The van der Waals surface area contributed by atoms with Crippen LogP contribution in [0.2, 0.25) is 5.02 Å². The fourth-order valence-corrected chi connectivity index (χ4v) is 2.11. The van der Waals surface area contributed by atoms with Crippen LogP contribution in [-0.2, 0) is 0 Å². The van der Waals surface area contributed by atoms with Crippen LogP contribution in [0.15, 0.2) is 12.1 Å². The number of halogens is 2. The number of benzene rings is 1. The van der Waals surface area contributed by atoms with Gasteiger partial charge in [0, 0.05) is 23.6 Å². The highest BCUT2D eigenvalue weighted by Gasteiger charge is 2.39. The van der Waals surface area contributed by atoms with Gasteiger partial charge in [-0.1, -0.05) is 17.5 Å². The van der Waals surface area contributed by atoms with Gasteiger partial charge in [0.1, 0.15) is 18.2 Å². The Morgan fingerprint density at radius 3 is 3.00 bits per heavy atom. The molecule has 2 atom stereocenters. The average Bonchev–Trinajstić information content (AvgIpc) is 3.09. The molecule has 0 heterocycles. The predicted octanol–water partition coefficient (Wildman–Crippen LogP) is 2.57. The van der Waals surface area contributed by atoms with Crippen LogP contribution >= 0.6 is 11.6 Å². The van der Waals surface area contributed by atoms with Crippen molar-refractivity contribution in [2.24, 2.45) is 0 Å². The number of ether oxygens (including phenoxy) is 1. The Morgan fingerprint density at radius 2 is 2.41 bits per heavy atom. The SMILES string of the molecule is C#CCOc1cc(F)c(Cl)cc1C1CC1NC. The molecular formula is C13H13ClFNO. The first-order chi connectivity index (χ1) is 8.17. The third-order valence-electron chi connectivity index (χ3n) is 2.92. The molecule has 0 amide bonds. The Hall–Kier alpha value is -1.24. The van der Waals surface area contributed by atoms with E-state index in [-0.39, 0.29) is 11.6 Å². The summed E-state index contributed by atoms with van der Waals surface area (Å²) in [5, 5.41) is 3.29. The van der Waals surface area contributed by atoms with E-state index in [4.69, 9.17) is 22.8 Å². The summed E-state index contributed by atoms with van der Waals surface area (Å²) < 4.78 is 18.7. The van der Waals surface area contributed by atoms with Crippen molar-refractivity contribution in [2.75, 3.05) is 13.7 Å². The first-order valence-electron chi connectivity index (χ1n) is 5.39. The molecule has 1 aliphatic rings. The van der Waals surface area contributed by atoms with Crippen molar-refractivity contribution in [1.82, 2.24) is 5.32 Å². The van der Waals surface area contributed by atoms with E-state index >= 15 is 0 Å². The zero-order valence-electron chi connectivity index (χ0n) is 9.47. The highest BCUT2D eigenvalue weighted by atomic mass is 35.5. The van der Waals surface area contributed by atoms with Gasteiger partial charge in [0.05, 0.1) is 5.02 Å². The first kappa shape index (κ1) is 12.2. The number of hydrogen-bond donors (Lipinski definition) is 1. The molecule has 0 saturated heterocycles. The van der Waals surface area contributed by atoms with Crippen LogP contribution in [0.3, 0.4) is 0 Å². The molecule has 0 aliphatic heterocycles. The number of nitrogens with one attached hydrogen (secondary N) is 1. The number of likely N-dealkylation sites (N-methyl/N-ethyl adjacent to an activating group) is 1. The summed E-state index contributed by atoms with van der Waals surface area (Å²) in [6.07, 6.45) is 6.14. The standard InChI is InChI=1S/C13H13ClFNO/c1-3-4-17-13-7-11(15)10(14)5-9(13)8-6-12(8)16-2/h1,5,7-8,12,16H,4,6H2,2H3. The second kappa shape index (κ2) is 4.95. The molecule has 2 unspecified atom stereocenters. The molecule has 1 saturated carbocycles. The van der Waals surface area contributed by atoms with Crippen molar-refractivity contribution < 1.29 is 9.13 Å². The molecule has 1 aromatic carbocycles. The van der Waals surface area contributed by atoms with E-state index in [1.807, 2.05) is 7.05 Å². The lowest BCUT2D eigenvalue weighted by molar-refractivity contribution is 0.363. The number of terminal acetylenes is 1. The van der Waals surface area contributed by atoms with E-state index < -0.39 is 5.82 Å². The van der Waals surface area contributed by atoms with E-state index in [0.717, 1.165) is 12.0 Å². The third-order valence-corrected chi connectivity index (χ3v) is 3.21. The maximum Gasteiger partial charge on any atom is 0.148 e. The van der Waals surface area contributed by atoms with Crippen LogP contribution in [0.1, 0.15) is 17.9 Å². The summed E-state index contributed by atoms with van der Waals surface area (Å²) in [6, 6.07) is 3.34. The fourth-order valence-electron chi connectivity index (χ4n) is 1.94. The molecule has 1 aromatic rings. The minimum Gasteiger partial charge on any atom is -0.481 e. The minimum atomic E-state index is -0.482. The van der Waals surface area contributed by atoms with Crippen molar-refractivity contribution in [3.63, 3.8) is 0 Å². The Morgan fingerprint density at radius 1 is 1.65 bits per heavy atom. The second-order valence-corrected chi connectivity index (χ2v) is 4.44. The van der Waals surface area contributed by atoms with Gasteiger partial charge in [-0.05, 0) is 19.5 Å². The van der Waals surface area contributed by atoms with Gasteiger partial charge >= 0.3 is 0 Å². The molecule has 1 N–H and O–H groups in total. The van der Waals surface area contributed by atoms with Crippen molar-refractivity contribution in [1.29, 1.82) is 0 Å². The summed E-state index contributed by atoms with van der Waals surface area (Å²) in [7, 11) is 1.90. The monoisotopic (exact) mass is 253 g/mol. The summed E-state index contributed by atoms with van der Waals surface area (Å²) in [4.78, 5) is 0. The summed E-state index contributed by atoms with van der Waals surface area (Å²) in [5.41, 5.74) is 0.922. The van der Waals surface area contributed by atoms with Gasteiger partial charge < -0.3 is 10.1 Å². The van der Waals surface area contributed by atoms with Crippen molar-refractivity contribution in [3.8, 4) is 18.1 Å². The van der Waals surface area contributed by atoms with Crippen LogP contribution in [-0.4, -0.2) is 19.7 Å². The van der Waals surface area contributed by atoms with Gasteiger partial charge in [0.2, 0.25) is 0 Å². The molecule has 0 radical (unpaired) electrons. The van der Waals surface area contributed by atoms with Gasteiger partial charge in [0.25, 0.3) is 0 Å². The molecule has 17 heavy (non-hydrogen) atoms. The summed E-state index contributed by atoms with van der Waals surface area (Å²) >= 11 is 5.79. The lowest BCUT2D eigenvalue weighted by Crippen LogP contribution is -2.11. The lowest BCUT2D eigenvalue weighted by Gasteiger charge is -2.10. The minimum absolute atomic E-state index is 0.120. The van der Waals surface area contributed by atoms with E-state index in [2.05, 4.69) is 11.2 Å². The van der Waals surface area contributed by atoms with Crippen LogP contribution < -0.4 is 10.1 Å². The van der Waals surface area contributed by atoms with Gasteiger partial charge in [-0.3, -0.25) is 0 Å². The molecule has 2 nitrogen and oxygen atoms in total. The van der Waals surface area contributed by atoms with E-state index in [1.165, 1.54) is 6.07 Å². The predicted molar refractivity (Wildman–Crippen MR) is 65.9 cm³/mol. The topological polar surface area (TPSA) is 21.3 Å². The van der Waals surface area contributed by atoms with E-state index in [0.29, 0.717) is 17.7 Å². The Balaban J connectivity index is 2.29. The van der Waals surface area contributed by atoms with Gasteiger partial charge in [-0.25, -0.2) is 4.39 Å². The number of hydrogen-bond acceptors (Lipinski definition) is 2. The average molecular weight is 254 g/mol. The van der Waals surface area contributed by atoms with Crippen molar-refractivity contribution in [2.45, 2.75) is 18.4 Å². The molecule has 0 aromatic heterocycles. The third kappa shape index (κ3) is 2.54. The molecule has 1 aliphatic carbocycles. The largest absolute Gasteiger partial charge is 0.481 e. The highest BCUT2D eigenvalue weighted by Crippen LogP contribution is 2.45. The Bertz CT molecular complexity index is 469. The van der Waals surface area contributed by atoms with Crippen molar-refractivity contribution >= 4 is 11.6 Å². The molecular weight excluding hydrogens is 241 g/mol. The molecule has 1 fully saturated rings. The molecule has 4 heteroatoms. The Labute approximate surface area is 105 Å². The van der Waals surface area contributed by atoms with Crippen LogP contribution in [0.25, 0.3) is 0 Å². The normalized spacial score (nSPS) is 22.0. The quantitative estimate of drug-likeness (QED) is 0.833. The maximum atomic E-state index is 13.4. The van der Waals surface area contributed by atoms with Crippen LogP contribution in [0.5, 0.6) is 5.75 Å². The smallest absolute Gasteiger partial charge is 0.148 e. The lowest BCUT2D eigenvalue weighted by atomic mass is 10.1. The zero-order chi connectivity index (χ0) is 12.4. The van der Waals surface area contributed by atoms with E-state index in [1.54, 1.807) is 6.07 Å². The summed E-state index contributed by atoms with van der Waals surface area (Å²) in [5.74, 6) is 2.70.